The van der Waals surface area contributed by atoms with Crippen LogP contribution in [-0.4, -0.2) is 39.3 Å². The van der Waals surface area contributed by atoms with Gasteiger partial charge in [-0.25, -0.2) is 4.79 Å². The quantitative estimate of drug-likeness (QED) is 0.732. The van der Waals surface area contributed by atoms with E-state index in [2.05, 4.69) is 5.32 Å². The van der Waals surface area contributed by atoms with Crippen molar-refractivity contribution in [3.63, 3.8) is 0 Å². The van der Waals surface area contributed by atoms with Crippen LogP contribution < -0.4 is 19.5 Å². The minimum absolute atomic E-state index is 0.0891. The number of esters is 1. The van der Waals surface area contributed by atoms with Gasteiger partial charge in [0.1, 0.15) is 11.3 Å². The van der Waals surface area contributed by atoms with Crippen molar-refractivity contribution >= 4 is 17.6 Å². The van der Waals surface area contributed by atoms with Crippen molar-refractivity contribution in [1.29, 1.82) is 5.26 Å². The third-order valence-corrected chi connectivity index (χ3v) is 3.84. The van der Waals surface area contributed by atoms with Crippen LogP contribution in [0, 0.1) is 11.3 Å². The molecule has 0 aliphatic heterocycles. The van der Waals surface area contributed by atoms with Gasteiger partial charge in [-0.2, -0.15) is 5.26 Å². The van der Waals surface area contributed by atoms with Crippen LogP contribution in [0.15, 0.2) is 36.4 Å². The van der Waals surface area contributed by atoms with Gasteiger partial charge in [0, 0.05) is 17.8 Å². The standard InChI is InChI=1S/C20H20N2O6/c1-12(19(23)22-14-7-5-6-13(8-14)11-21)28-20(24)15-9-17(26-3)18(27-4)10-16(15)25-2/h5-10,12H,1-4H3,(H,22,23)/t12-/m1/s1. The first-order chi connectivity index (χ1) is 13.4. The van der Waals surface area contributed by atoms with Crippen LogP contribution in [0.25, 0.3) is 0 Å². The molecule has 1 atom stereocenters. The van der Waals surface area contributed by atoms with E-state index in [-0.39, 0.29) is 11.3 Å². The molecule has 2 aromatic carbocycles. The first-order valence-electron chi connectivity index (χ1n) is 8.25. The van der Waals surface area contributed by atoms with Crippen molar-refractivity contribution in [3.8, 4) is 23.3 Å². The van der Waals surface area contributed by atoms with Crippen molar-refractivity contribution in [2.45, 2.75) is 13.0 Å². The third-order valence-electron chi connectivity index (χ3n) is 3.84. The highest BCUT2D eigenvalue weighted by Crippen LogP contribution is 2.35. The molecule has 0 heterocycles. The molecule has 8 heteroatoms. The van der Waals surface area contributed by atoms with Crippen molar-refractivity contribution in [1.82, 2.24) is 0 Å². The molecule has 0 bridgehead atoms. The molecular weight excluding hydrogens is 364 g/mol. The fourth-order valence-corrected chi connectivity index (χ4v) is 2.38. The summed E-state index contributed by atoms with van der Waals surface area (Å²) in [5.41, 5.74) is 0.916. The van der Waals surface area contributed by atoms with Crippen LogP contribution >= 0.6 is 0 Å². The van der Waals surface area contributed by atoms with Crippen LogP contribution in [0.4, 0.5) is 5.69 Å². The number of nitriles is 1. The van der Waals surface area contributed by atoms with Gasteiger partial charge in [0.25, 0.3) is 5.91 Å². The number of hydrogen-bond acceptors (Lipinski definition) is 7. The number of nitrogens with one attached hydrogen (secondary N) is 1. The Labute approximate surface area is 162 Å². The molecule has 0 aromatic heterocycles. The minimum atomic E-state index is -1.09. The van der Waals surface area contributed by atoms with Gasteiger partial charge in [0.2, 0.25) is 0 Å². The maximum Gasteiger partial charge on any atom is 0.342 e. The third kappa shape index (κ3) is 4.71. The van der Waals surface area contributed by atoms with Gasteiger partial charge in [-0.3, -0.25) is 4.79 Å². The van der Waals surface area contributed by atoms with E-state index in [1.807, 2.05) is 6.07 Å². The van der Waals surface area contributed by atoms with Crippen LogP contribution in [0.3, 0.4) is 0 Å². The van der Waals surface area contributed by atoms with E-state index in [4.69, 9.17) is 24.2 Å². The van der Waals surface area contributed by atoms with Gasteiger partial charge in [0.05, 0.1) is 33.0 Å². The van der Waals surface area contributed by atoms with E-state index in [0.29, 0.717) is 22.7 Å². The number of amides is 1. The van der Waals surface area contributed by atoms with E-state index >= 15 is 0 Å². The molecule has 1 N–H and O–H groups in total. The van der Waals surface area contributed by atoms with Crippen molar-refractivity contribution in [2.75, 3.05) is 26.6 Å². The molecule has 0 saturated heterocycles. The zero-order valence-corrected chi connectivity index (χ0v) is 15.9. The zero-order chi connectivity index (χ0) is 20.7. The summed E-state index contributed by atoms with van der Waals surface area (Å²) in [7, 11) is 4.30. The summed E-state index contributed by atoms with van der Waals surface area (Å²) in [4.78, 5) is 24.8. The average molecular weight is 384 g/mol. The number of hydrogen-bond donors (Lipinski definition) is 1. The lowest BCUT2D eigenvalue weighted by atomic mass is 10.1. The number of ether oxygens (including phenoxy) is 4. The second-order valence-electron chi connectivity index (χ2n) is 5.64. The molecule has 0 fully saturated rings. The Hall–Kier alpha value is -3.73. The Morgan fingerprint density at radius 2 is 1.64 bits per heavy atom. The van der Waals surface area contributed by atoms with Crippen molar-refractivity contribution in [3.05, 3.63) is 47.5 Å². The lowest BCUT2D eigenvalue weighted by Crippen LogP contribution is -2.30. The smallest absolute Gasteiger partial charge is 0.342 e. The van der Waals surface area contributed by atoms with E-state index in [9.17, 15) is 9.59 Å². The monoisotopic (exact) mass is 384 g/mol. The van der Waals surface area contributed by atoms with Gasteiger partial charge >= 0.3 is 5.97 Å². The lowest BCUT2D eigenvalue weighted by Gasteiger charge is -2.16. The second-order valence-corrected chi connectivity index (χ2v) is 5.64. The minimum Gasteiger partial charge on any atom is -0.496 e. The molecule has 0 aliphatic carbocycles. The Balaban J connectivity index is 2.15. The molecular formula is C20H20N2O6. The predicted octanol–water partition coefficient (Wildman–Crippen LogP) is 2.77. The molecule has 0 aliphatic rings. The number of methoxy groups -OCH3 is 3. The predicted molar refractivity (Wildman–Crippen MR) is 101 cm³/mol. The number of carbonyl (C=O) groups is 2. The summed E-state index contributed by atoms with van der Waals surface area (Å²) in [6.07, 6.45) is -1.09. The SMILES string of the molecule is COc1cc(OC)c(C(=O)O[C@H](C)C(=O)Nc2cccc(C#N)c2)cc1OC. The topological polar surface area (TPSA) is 107 Å². The summed E-state index contributed by atoms with van der Waals surface area (Å²) in [6.45, 7) is 1.44. The molecule has 8 nitrogen and oxygen atoms in total. The van der Waals surface area contributed by atoms with E-state index in [0.717, 1.165) is 0 Å². The van der Waals surface area contributed by atoms with Crippen LogP contribution in [0.2, 0.25) is 0 Å². The first-order valence-corrected chi connectivity index (χ1v) is 8.25. The van der Waals surface area contributed by atoms with Crippen LogP contribution in [0.5, 0.6) is 17.2 Å². The Morgan fingerprint density at radius 3 is 2.25 bits per heavy atom. The lowest BCUT2D eigenvalue weighted by molar-refractivity contribution is -0.123. The van der Waals surface area contributed by atoms with Crippen molar-refractivity contribution in [2.24, 2.45) is 0 Å². The molecule has 0 spiro atoms. The molecule has 1 amide bonds. The highest BCUT2D eigenvalue weighted by atomic mass is 16.6. The summed E-state index contributed by atoms with van der Waals surface area (Å²) in [6, 6.07) is 11.3. The van der Waals surface area contributed by atoms with Gasteiger partial charge < -0.3 is 24.3 Å². The molecule has 0 radical (unpaired) electrons. The highest BCUT2D eigenvalue weighted by Gasteiger charge is 2.23. The van der Waals surface area contributed by atoms with Gasteiger partial charge in [-0.15, -0.1) is 0 Å². The fourth-order valence-electron chi connectivity index (χ4n) is 2.38. The van der Waals surface area contributed by atoms with Crippen LogP contribution in [0.1, 0.15) is 22.8 Å². The number of nitrogens with zero attached hydrogens (tertiary/aromatic N) is 1. The molecule has 146 valence electrons. The van der Waals surface area contributed by atoms with Gasteiger partial charge in [-0.1, -0.05) is 6.07 Å². The molecule has 0 unspecified atom stereocenters. The fraction of sp³-hybridized carbons (Fsp3) is 0.250. The molecule has 0 saturated carbocycles. The number of benzene rings is 2. The van der Waals surface area contributed by atoms with Crippen LogP contribution in [-0.2, 0) is 9.53 Å². The second kappa shape index (κ2) is 9.28. The first kappa shape index (κ1) is 20.6. The van der Waals surface area contributed by atoms with Gasteiger partial charge in [0.15, 0.2) is 17.6 Å². The molecule has 28 heavy (non-hydrogen) atoms. The van der Waals surface area contributed by atoms with Gasteiger partial charge in [-0.05, 0) is 25.1 Å². The summed E-state index contributed by atoms with van der Waals surface area (Å²) in [5.74, 6) is -0.370. The Kier molecular flexibility index (Phi) is 6.82. The number of rotatable bonds is 7. The summed E-state index contributed by atoms with van der Waals surface area (Å²) < 4.78 is 20.8. The maximum atomic E-state index is 12.5. The largest absolute Gasteiger partial charge is 0.496 e. The average Bonchev–Trinajstić information content (AvgIpc) is 2.72. The Bertz CT molecular complexity index is 919. The molecule has 2 aromatic rings. The van der Waals surface area contributed by atoms with E-state index in [1.54, 1.807) is 18.2 Å². The maximum absolute atomic E-state index is 12.5. The summed E-state index contributed by atoms with van der Waals surface area (Å²) in [5, 5.41) is 11.5. The van der Waals surface area contributed by atoms with E-state index in [1.165, 1.54) is 46.5 Å². The summed E-state index contributed by atoms with van der Waals surface area (Å²) >= 11 is 0. The number of carbonyl (C=O) groups excluding carboxylic acids is 2. The highest BCUT2D eigenvalue weighted by molar-refractivity contribution is 5.98. The number of anilines is 1. The normalized spacial score (nSPS) is 11.0. The Morgan fingerprint density at radius 1 is 1.00 bits per heavy atom. The van der Waals surface area contributed by atoms with Crippen molar-refractivity contribution < 1.29 is 28.5 Å². The zero-order valence-electron chi connectivity index (χ0n) is 15.9. The van der Waals surface area contributed by atoms with E-state index < -0.39 is 18.0 Å². The molecule has 2 rings (SSSR count).